The molecule has 1 amide bonds. The lowest BCUT2D eigenvalue weighted by Crippen LogP contribution is -2.36. The highest BCUT2D eigenvalue weighted by Crippen LogP contribution is 2.18. The van der Waals surface area contributed by atoms with Gasteiger partial charge in [-0.15, -0.1) is 0 Å². The second-order valence-electron chi connectivity index (χ2n) is 4.53. The van der Waals surface area contributed by atoms with Gasteiger partial charge in [0.2, 0.25) is 5.91 Å². The van der Waals surface area contributed by atoms with E-state index in [0.29, 0.717) is 6.54 Å². The molecule has 1 aliphatic heterocycles. The van der Waals surface area contributed by atoms with Crippen LogP contribution in [-0.2, 0) is 9.53 Å². The Hall–Kier alpha value is -1.81. The third kappa shape index (κ3) is 4.41. The zero-order chi connectivity index (χ0) is 13.5. The van der Waals surface area contributed by atoms with E-state index in [2.05, 4.69) is 34.5 Å². The van der Waals surface area contributed by atoms with Crippen LogP contribution in [0.15, 0.2) is 30.3 Å². The molecule has 1 aromatic carbocycles. The van der Waals surface area contributed by atoms with Crippen molar-refractivity contribution >= 4 is 17.7 Å². The van der Waals surface area contributed by atoms with Crippen LogP contribution in [0.1, 0.15) is 12.5 Å². The second kappa shape index (κ2) is 6.95. The lowest BCUT2D eigenvalue weighted by Gasteiger charge is -2.29. The molecule has 0 atom stereocenters. The van der Waals surface area contributed by atoms with Gasteiger partial charge >= 0.3 is 0 Å². The standard InChI is InChI=1S/C15H20N2O2/c1-13(18)16-7-3-5-14-4-2-6-15(12-14)17-8-10-19-11-9-17/h2-6,12H,7-11H2,1H3,(H,16,18). The fourth-order valence-electron chi connectivity index (χ4n) is 2.04. The molecule has 0 aliphatic carbocycles. The highest BCUT2D eigenvalue weighted by atomic mass is 16.5. The van der Waals surface area contributed by atoms with Crippen LogP contribution < -0.4 is 10.2 Å². The van der Waals surface area contributed by atoms with E-state index in [-0.39, 0.29) is 5.91 Å². The molecular formula is C15H20N2O2. The largest absolute Gasteiger partial charge is 0.378 e. The summed E-state index contributed by atoms with van der Waals surface area (Å²) in [6, 6.07) is 8.41. The number of ether oxygens (including phenoxy) is 1. The van der Waals surface area contributed by atoms with Gasteiger partial charge < -0.3 is 15.0 Å². The van der Waals surface area contributed by atoms with Crippen molar-refractivity contribution in [1.29, 1.82) is 0 Å². The monoisotopic (exact) mass is 260 g/mol. The van der Waals surface area contributed by atoms with Crippen molar-refractivity contribution in [2.45, 2.75) is 6.92 Å². The number of amides is 1. The number of nitrogens with one attached hydrogen (secondary N) is 1. The first kappa shape index (κ1) is 13.6. The molecule has 1 N–H and O–H groups in total. The summed E-state index contributed by atoms with van der Waals surface area (Å²) < 4.78 is 5.36. The van der Waals surface area contributed by atoms with E-state index in [1.165, 1.54) is 12.6 Å². The first-order valence-electron chi connectivity index (χ1n) is 6.59. The van der Waals surface area contributed by atoms with E-state index in [0.717, 1.165) is 31.9 Å². The normalized spacial score (nSPS) is 15.7. The molecule has 1 aliphatic rings. The van der Waals surface area contributed by atoms with Crippen LogP contribution in [0.2, 0.25) is 0 Å². The Kier molecular flexibility index (Phi) is 4.98. The van der Waals surface area contributed by atoms with Gasteiger partial charge in [-0.2, -0.15) is 0 Å². The Balaban J connectivity index is 1.96. The number of rotatable bonds is 4. The van der Waals surface area contributed by atoms with Crippen LogP contribution in [-0.4, -0.2) is 38.8 Å². The van der Waals surface area contributed by atoms with Crippen molar-refractivity contribution in [2.75, 3.05) is 37.7 Å². The van der Waals surface area contributed by atoms with Crippen molar-refractivity contribution in [2.24, 2.45) is 0 Å². The molecule has 4 nitrogen and oxygen atoms in total. The number of hydrogen-bond donors (Lipinski definition) is 1. The smallest absolute Gasteiger partial charge is 0.217 e. The van der Waals surface area contributed by atoms with E-state index in [1.54, 1.807) is 0 Å². The van der Waals surface area contributed by atoms with Gasteiger partial charge in [0.05, 0.1) is 13.2 Å². The molecule has 102 valence electrons. The lowest BCUT2D eigenvalue weighted by molar-refractivity contribution is -0.118. The predicted molar refractivity (Wildman–Crippen MR) is 77.2 cm³/mol. The fraction of sp³-hybridized carbons (Fsp3) is 0.400. The summed E-state index contributed by atoms with van der Waals surface area (Å²) in [5.41, 5.74) is 2.37. The van der Waals surface area contributed by atoms with Gasteiger partial charge in [-0.1, -0.05) is 24.3 Å². The summed E-state index contributed by atoms with van der Waals surface area (Å²) in [6.45, 7) is 5.56. The molecule has 19 heavy (non-hydrogen) atoms. The van der Waals surface area contributed by atoms with Crippen LogP contribution in [0, 0.1) is 0 Å². The Labute approximate surface area is 114 Å². The number of morpholine rings is 1. The number of nitrogens with zero attached hydrogens (tertiary/aromatic N) is 1. The van der Waals surface area contributed by atoms with E-state index >= 15 is 0 Å². The Morgan fingerprint density at radius 2 is 2.21 bits per heavy atom. The van der Waals surface area contributed by atoms with Gasteiger partial charge in [-0.25, -0.2) is 0 Å². The molecule has 0 spiro atoms. The van der Waals surface area contributed by atoms with Gasteiger partial charge in [-0.3, -0.25) is 4.79 Å². The summed E-state index contributed by atoms with van der Waals surface area (Å²) in [7, 11) is 0. The van der Waals surface area contributed by atoms with Crippen molar-refractivity contribution in [3.05, 3.63) is 35.9 Å². The van der Waals surface area contributed by atoms with E-state index in [9.17, 15) is 4.79 Å². The molecule has 0 bridgehead atoms. The van der Waals surface area contributed by atoms with Crippen LogP contribution in [0.5, 0.6) is 0 Å². The third-order valence-electron chi connectivity index (χ3n) is 3.03. The summed E-state index contributed by atoms with van der Waals surface area (Å²) in [4.78, 5) is 13.1. The second-order valence-corrected chi connectivity index (χ2v) is 4.53. The zero-order valence-corrected chi connectivity index (χ0v) is 11.3. The number of carbonyl (C=O) groups is 1. The van der Waals surface area contributed by atoms with Crippen molar-refractivity contribution < 1.29 is 9.53 Å². The number of hydrogen-bond acceptors (Lipinski definition) is 3. The Bertz CT molecular complexity index is 451. The van der Waals surface area contributed by atoms with Crippen LogP contribution in [0.25, 0.3) is 6.08 Å². The molecule has 2 rings (SSSR count). The maximum absolute atomic E-state index is 10.8. The summed E-state index contributed by atoms with van der Waals surface area (Å²) in [6.07, 6.45) is 3.99. The molecule has 4 heteroatoms. The van der Waals surface area contributed by atoms with Crippen LogP contribution >= 0.6 is 0 Å². The molecule has 0 radical (unpaired) electrons. The minimum Gasteiger partial charge on any atom is -0.378 e. The molecule has 1 heterocycles. The predicted octanol–water partition coefficient (Wildman–Crippen LogP) is 1.67. The van der Waals surface area contributed by atoms with Gasteiger partial charge in [-0.05, 0) is 17.7 Å². The van der Waals surface area contributed by atoms with E-state index < -0.39 is 0 Å². The number of anilines is 1. The Morgan fingerprint density at radius 3 is 2.95 bits per heavy atom. The fourth-order valence-corrected chi connectivity index (χ4v) is 2.04. The highest BCUT2D eigenvalue weighted by molar-refractivity contribution is 5.73. The number of carbonyl (C=O) groups excluding carboxylic acids is 1. The molecule has 0 unspecified atom stereocenters. The highest BCUT2D eigenvalue weighted by Gasteiger charge is 2.10. The molecule has 1 aromatic rings. The minimum absolute atomic E-state index is 0.00767. The van der Waals surface area contributed by atoms with Crippen molar-refractivity contribution in [3.63, 3.8) is 0 Å². The average molecular weight is 260 g/mol. The maximum Gasteiger partial charge on any atom is 0.217 e. The zero-order valence-electron chi connectivity index (χ0n) is 11.3. The van der Waals surface area contributed by atoms with Crippen molar-refractivity contribution in [3.8, 4) is 0 Å². The Morgan fingerprint density at radius 1 is 1.42 bits per heavy atom. The quantitative estimate of drug-likeness (QED) is 0.895. The summed E-state index contributed by atoms with van der Waals surface area (Å²) >= 11 is 0. The first-order valence-corrected chi connectivity index (χ1v) is 6.59. The topological polar surface area (TPSA) is 41.6 Å². The number of benzene rings is 1. The molecule has 0 aromatic heterocycles. The van der Waals surface area contributed by atoms with Gasteiger partial charge in [0.1, 0.15) is 0 Å². The van der Waals surface area contributed by atoms with Gasteiger partial charge in [0.15, 0.2) is 0 Å². The van der Waals surface area contributed by atoms with Crippen molar-refractivity contribution in [1.82, 2.24) is 5.32 Å². The molecule has 1 fully saturated rings. The lowest BCUT2D eigenvalue weighted by atomic mass is 10.1. The summed E-state index contributed by atoms with van der Waals surface area (Å²) in [5, 5.41) is 2.74. The first-order chi connectivity index (χ1) is 9.25. The van der Waals surface area contributed by atoms with Gasteiger partial charge in [0.25, 0.3) is 0 Å². The SMILES string of the molecule is CC(=O)NCC=Cc1cccc(N2CCOCC2)c1. The van der Waals surface area contributed by atoms with Crippen LogP contribution in [0.4, 0.5) is 5.69 Å². The van der Waals surface area contributed by atoms with Crippen LogP contribution in [0.3, 0.4) is 0 Å². The minimum atomic E-state index is -0.00767. The van der Waals surface area contributed by atoms with E-state index in [1.807, 2.05) is 12.2 Å². The molecular weight excluding hydrogens is 240 g/mol. The molecule has 1 saturated heterocycles. The summed E-state index contributed by atoms with van der Waals surface area (Å²) in [5.74, 6) is -0.00767. The van der Waals surface area contributed by atoms with Gasteiger partial charge in [0, 0.05) is 32.2 Å². The molecule has 0 saturated carbocycles. The maximum atomic E-state index is 10.8. The van der Waals surface area contributed by atoms with E-state index in [4.69, 9.17) is 4.74 Å². The average Bonchev–Trinajstić information content (AvgIpc) is 2.45. The third-order valence-corrected chi connectivity index (χ3v) is 3.03.